The van der Waals surface area contributed by atoms with E-state index in [9.17, 15) is 23.3 Å². The molecular weight excluding hydrogens is 472 g/mol. The quantitative estimate of drug-likeness (QED) is 0.567. The van der Waals surface area contributed by atoms with Crippen LogP contribution in [0.25, 0.3) is 0 Å². The van der Waals surface area contributed by atoms with Crippen LogP contribution in [0.4, 0.5) is 0 Å². The van der Waals surface area contributed by atoms with E-state index >= 15 is 0 Å². The van der Waals surface area contributed by atoms with E-state index < -0.39 is 10.0 Å². The largest absolute Gasteiger partial charge is 0.347 e. The fourth-order valence-electron chi connectivity index (χ4n) is 3.68. The van der Waals surface area contributed by atoms with Gasteiger partial charge in [0.25, 0.3) is 11.8 Å². The average Bonchev–Trinajstić information content (AvgIpc) is 3.42. The van der Waals surface area contributed by atoms with Crippen molar-refractivity contribution in [3.63, 3.8) is 0 Å². The van der Waals surface area contributed by atoms with Gasteiger partial charge in [0.1, 0.15) is 6.07 Å². The normalized spacial score (nSPS) is 14.4. The molecule has 2 heterocycles. The molecule has 2 aromatic carbocycles. The molecule has 0 atom stereocenters. The zero-order chi connectivity index (χ0) is 24.1. The zero-order valence-corrected chi connectivity index (χ0v) is 19.8. The van der Waals surface area contributed by atoms with Crippen molar-refractivity contribution in [3.05, 3.63) is 87.6 Å². The summed E-state index contributed by atoms with van der Waals surface area (Å²) in [4.78, 5) is 27.2. The van der Waals surface area contributed by atoms with Crippen molar-refractivity contribution in [1.82, 2.24) is 14.5 Å². The third-order valence-electron chi connectivity index (χ3n) is 5.55. The van der Waals surface area contributed by atoms with Crippen molar-refractivity contribution in [1.29, 1.82) is 5.26 Å². The second-order valence-electron chi connectivity index (χ2n) is 7.66. The molecule has 34 heavy (non-hydrogen) atoms. The van der Waals surface area contributed by atoms with Crippen LogP contribution >= 0.6 is 11.3 Å². The Morgan fingerprint density at radius 1 is 0.971 bits per heavy atom. The van der Waals surface area contributed by atoms with Crippen LogP contribution in [0.5, 0.6) is 0 Å². The number of hydrogen-bond donors (Lipinski definition) is 1. The van der Waals surface area contributed by atoms with Gasteiger partial charge in [-0.25, -0.2) is 8.42 Å². The Hall–Kier alpha value is -3.52. The minimum Gasteiger partial charge on any atom is -0.347 e. The van der Waals surface area contributed by atoms with E-state index in [0.29, 0.717) is 17.0 Å². The van der Waals surface area contributed by atoms with Crippen LogP contribution in [0.3, 0.4) is 0 Å². The summed E-state index contributed by atoms with van der Waals surface area (Å²) < 4.78 is 27.3. The molecule has 1 fully saturated rings. The number of benzene rings is 2. The predicted octanol–water partition coefficient (Wildman–Crippen LogP) is 2.70. The summed E-state index contributed by atoms with van der Waals surface area (Å²) in [5.41, 5.74) is 1.47. The average molecular weight is 495 g/mol. The molecular formula is C24H22N4O4S2. The van der Waals surface area contributed by atoms with Crippen molar-refractivity contribution < 1.29 is 18.0 Å². The molecule has 174 valence electrons. The van der Waals surface area contributed by atoms with Gasteiger partial charge in [-0.05, 0) is 41.3 Å². The standard InChI is InChI=1S/C24H22N4O4S2/c25-16-20-4-1-2-6-22(20)34(31,32)28-13-11-27(12-14-28)24(30)19-9-7-18(8-10-19)17-26-23(29)21-5-3-15-33-21/h1-10,15H,11-14,17H2,(H,26,29). The minimum atomic E-state index is -3.81. The molecule has 0 spiro atoms. The summed E-state index contributed by atoms with van der Waals surface area (Å²) in [6.07, 6.45) is 0. The van der Waals surface area contributed by atoms with Crippen LogP contribution in [0.15, 0.2) is 70.9 Å². The Labute approximate surface area is 202 Å². The molecule has 0 saturated carbocycles. The van der Waals surface area contributed by atoms with E-state index in [1.54, 1.807) is 47.4 Å². The summed E-state index contributed by atoms with van der Waals surface area (Å²) in [5, 5.41) is 13.9. The maximum absolute atomic E-state index is 13.0. The zero-order valence-electron chi connectivity index (χ0n) is 18.2. The van der Waals surface area contributed by atoms with Crippen molar-refractivity contribution in [3.8, 4) is 6.07 Å². The van der Waals surface area contributed by atoms with Crippen molar-refractivity contribution in [2.75, 3.05) is 26.2 Å². The molecule has 0 aliphatic carbocycles. The van der Waals surface area contributed by atoms with Crippen LogP contribution in [0.1, 0.15) is 31.2 Å². The van der Waals surface area contributed by atoms with Gasteiger partial charge in [0.2, 0.25) is 10.0 Å². The van der Waals surface area contributed by atoms with Gasteiger partial charge >= 0.3 is 0 Å². The molecule has 0 unspecified atom stereocenters. The van der Waals surface area contributed by atoms with E-state index in [-0.39, 0.29) is 48.5 Å². The predicted molar refractivity (Wildman–Crippen MR) is 128 cm³/mol. The van der Waals surface area contributed by atoms with Gasteiger partial charge in [0.05, 0.1) is 15.3 Å². The van der Waals surface area contributed by atoms with Gasteiger partial charge < -0.3 is 10.2 Å². The second kappa shape index (κ2) is 10.2. The van der Waals surface area contributed by atoms with Gasteiger partial charge in [-0.3, -0.25) is 9.59 Å². The van der Waals surface area contributed by atoms with Gasteiger partial charge in [-0.1, -0.05) is 30.3 Å². The Kier molecular flexibility index (Phi) is 7.07. The number of thiophene rings is 1. The van der Waals surface area contributed by atoms with Crippen LogP contribution in [-0.2, 0) is 16.6 Å². The van der Waals surface area contributed by atoms with Crippen molar-refractivity contribution in [2.45, 2.75) is 11.4 Å². The molecule has 1 aliphatic rings. The fraction of sp³-hybridized carbons (Fsp3) is 0.208. The Morgan fingerprint density at radius 3 is 2.32 bits per heavy atom. The first-order valence-electron chi connectivity index (χ1n) is 10.6. The molecule has 1 saturated heterocycles. The number of carbonyl (C=O) groups is 2. The van der Waals surface area contributed by atoms with Crippen LogP contribution in [-0.4, -0.2) is 55.6 Å². The number of nitrogens with zero attached hydrogens (tertiary/aromatic N) is 3. The van der Waals surface area contributed by atoms with E-state index in [4.69, 9.17) is 0 Å². The smallest absolute Gasteiger partial charge is 0.261 e. The summed E-state index contributed by atoms with van der Waals surface area (Å²) in [6.45, 7) is 1.17. The third kappa shape index (κ3) is 5.02. The number of hydrogen-bond acceptors (Lipinski definition) is 6. The van der Waals surface area contributed by atoms with Gasteiger partial charge in [0.15, 0.2) is 0 Å². The lowest BCUT2D eigenvalue weighted by atomic mass is 10.1. The Bertz CT molecular complexity index is 1320. The van der Waals surface area contributed by atoms with E-state index in [1.807, 2.05) is 17.5 Å². The molecule has 4 rings (SSSR count). The Balaban J connectivity index is 1.34. The second-order valence-corrected chi connectivity index (χ2v) is 10.5. The monoisotopic (exact) mass is 494 g/mol. The molecule has 0 bridgehead atoms. The molecule has 8 nitrogen and oxygen atoms in total. The minimum absolute atomic E-state index is 0.0148. The highest BCUT2D eigenvalue weighted by atomic mass is 32.2. The molecule has 1 N–H and O–H groups in total. The van der Waals surface area contributed by atoms with Crippen LogP contribution in [0.2, 0.25) is 0 Å². The first-order chi connectivity index (χ1) is 16.4. The molecule has 0 radical (unpaired) electrons. The number of rotatable bonds is 6. The number of nitriles is 1. The van der Waals surface area contributed by atoms with E-state index in [1.165, 1.54) is 27.8 Å². The third-order valence-corrected chi connectivity index (χ3v) is 8.38. The fourth-order valence-corrected chi connectivity index (χ4v) is 5.88. The van der Waals surface area contributed by atoms with Crippen molar-refractivity contribution in [2.24, 2.45) is 0 Å². The molecule has 1 aliphatic heterocycles. The van der Waals surface area contributed by atoms with E-state index in [2.05, 4.69) is 5.32 Å². The first kappa shape index (κ1) is 23.6. The van der Waals surface area contributed by atoms with Gasteiger partial charge in [0, 0.05) is 38.3 Å². The highest BCUT2D eigenvalue weighted by molar-refractivity contribution is 7.89. The molecule has 3 aromatic rings. The number of amides is 2. The van der Waals surface area contributed by atoms with Gasteiger partial charge in [-0.15, -0.1) is 11.3 Å². The summed E-state index contributed by atoms with van der Waals surface area (Å²) >= 11 is 1.37. The molecule has 1 aromatic heterocycles. The van der Waals surface area contributed by atoms with E-state index in [0.717, 1.165) is 5.56 Å². The number of nitrogens with one attached hydrogen (secondary N) is 1. The summed E-state index contributed by atoms with van der Waals surface area (Å²) in [6, 6.07) is 18.6. The lowest BCUT2D eigenvalue weighted by Gasteiger charge is -2.34. The number of carbonyl (C=O) groups excluding carboxylic acids is 2. The highest BCUT2D eigenvalue weighted by Crippen LogP contribution is 2.21. The Morgan fingerprint density at radius 2 is 1.68 bits per heavy atom. The summed E-state index contributed by atoms with van der Waals surface area (Å²) in [5.74, 6) is -0.316. The first-order valence-corrected chi connectivity index (χ1v) is 12.9. The molecule has 10 heteroatoms. The number of piperazine rings is 1. The highest BCUT2D eigenvalue weighted by Gasteiger charge is 2.31. The van der Waals surface area contributed by atoms with Crippen LogP contribution < -0.4 is 5.32 Å². The maximum Gasteiger partial charge on any atom is 0.261 e. The molecule has 2 amide bonds. The van der Waals surface area contributed by atoms with Gasteiger partial charge in [-0.2, -0.15) is 9.57 Å². The SMILES string of the molecule is N#Cc1ccccc1S(=O)(=O)N1CCN(C(=O)c2ccc(CNC(=O)c3cccs3)cc2)CC1. The van der Waals surface area contributed by atoms with Crippen molar-refractivity contribution >= 4 is 33.2 Å². The van der Waals surface area contributed by atoms with Crippen LogP contribution in [0, 0.1) is 11.3 Å². The lowest BCUT2D eigenvalue weighted by Crippen LogP contribution is -2.50. The maximum atomic E-state index is 13.0. The number of sulfonamides is 1. The summed E-state index contributed by atoms with van der Waals surface area (Å²) in [7, 11) is -3.81. The lowest BCUT2D eigenvalue weighted by molar-refractivity contribution is 0.0697. The topological polar surface area (TPSA) is 111 Å².